The number of allylic oxidation sites excluding steroid dienone is 8. The predicted molar refractivity (Wildman–Crippen MR) is 323 cm³/mol. The van der Waals surface area contributed by atoms with E-state index >= 15 is 0 Å². The van der Waals surface area contributed by atoms with Gasteiger partial charge in [0.2, 0.25) is 5.91 Å². The molecule has 9 nitrogen and oxygen atoms in total. The Morgan fingerprint density at radius 2 is 0.816 bits per heavy atom. The van der Waals surface area contributed by atoms with Crippen LogP contribution in [-0.2, 0) is 14.3 Å². The van der Waals surface area contributed by atoms with E-state index < -0.39 is 49.5 Å². The van der Waals surface area contributed by atoms with Crippen LogP contribution in [0.2, 0.25) is 0 Å². The average Bonchev–Trinajstić information content (AvgIpc) is 3.42. The fraction of sp³-hybridized carbons (Fsp3) is 0.866. The quantitative estimate of drug-likeness (QED) is 0.0261. The van der Waals surface area contributed by atoms with Gasteiger partial charge in [-0.15, -0.1) is 0 Å². The van der Waals surface area contributed by atoms with Gasteiger partial charge in [0, 0.05) is 6.42 Å². The molecule has 446 valence electrons. The minimum atomic E-state index is -1.55. The van der Waals surface area contributed by atoms with Crippen molar-refractivity contribution in [1.82, 2.24) is 5.32 Å². The number of rotatable bonds is 57. The molecular weight excluding hydrogens is 947 g/mol. The number of carbonyl (C=O) groups excluding carboxylic acids is 1. The monoisotopic (exact) mass is 1070 g/mol. The lowest BCUT2D eigenvalue weighted by Gasteiger charge is -2.40. The lowest BCUT2D eigenvalue weighted by Crippen LogP contribution is -2.60. The van der Waals surface area contributed by atoms with E-state index in [0.29, 0.717) is 12.8 Å². The Hall–Kier alpha value is -1.85. The van der Waals surface area contributed by atoms with Crippen LogP contribution in [0.25, 0.3) is 0 Å². The number of amides is 1. The molecule has 7 atom stereocenters. The zero-order valence-electron chi connectivity index (χ0n) is 49.8. The van der Waals surface area contributed by atoms with Gasteiger partial charge >= 0.3 is 0 Å². The molecular formula is C67H125NO8. The highest BCUT2D eigenvalue weighted by atomic mass is 16.7. The van der Waals surface area contributed by atoms with Crippen LogP contribution in [0.4, 0.5) is 0 Å². The molecule has 9 heteroatoms. The van der Waals surface area contributed by atoms with Crippen LogP contribution in [-0.4, -0.2) is 87.5 Å². The number of hydrogen-bond acceptors (Lipinski definition) is 8. The third-order valence-electron chi connectivity index (χ3n) is 15.7. The first-order valence-corrected chi connectivity index (χ1v) is 32.8. The first-order chi connectivity index (χ1) is 37.3. The van der Waals surface area contributed by atoms with Crippen molar-refractivity contribution >= 4 is 5.91 Å². The second-order valence-electron chi connectivity index (χ2n) is 22.9. The van der Waals surface area contributed by atoms with Crippen LogP contribution in [0, 0.1) is 0 Å². The van der Waals surface area contributed by atoms with E-state index in [4.69, 9.17) is 9.47 Å². The molecule has 1 heterocycles. The Balaban J connectivity index is 2.08. The zero-order chi connectivity index (χ0) is 55.0. The number of aliphatic hydroxyl groups is 5. The van der Waals surface area contributed by atoms with Gasteiger partial charge in [0.1, 0.15) is 24.4 Å². The summed E-state index contributed by atoms with van der Waals surface area (Å²) in [4.78, 5) is 13.1. The van der Waals surface area contributed by atoms with Crippen LogP contribution in [0.3, 0.4) is 0 Å². The summed E-state index contributed by atoms with van der Waals surface area (Å²) in [6, 6.07) is -0.718. The number of ether oxygens (including phenoxy) is 2. The van der Waals surface area contributed by atoms with Gasteiger partial charge < -0.3 is 40.3 Å². The predicted octanol–water partition coefficient (Wildman–Crippen LogP) is 17.2. The molecule has 0 aliphatic carbocycles. The summed E-state index contributed by atoms with van der Waals surface area (Å²) < 4.78 is 11.3. The molecule has 0 aromatic rings. The van der Waals surface area contributed by atoms with Gasteiger partial charge in [-0.1, -0.05) is 306 Å². The minimum Gasteiger partial charge on any atom is -0.394 e. The summed E-state index contributed by atoms with van der Waals surface area (Å²) in [5, 5.41) is 54.8. The number of hydrogen-bond donors (Lipinski definition) is 6. The lowest BCUT2D eigenvalue weighted by molar-refractivity contribution is -0.302. The molecule has 1 aliphatic rings. The maximum absolute atomic E-state index is 13.1. The van der Waals surface area contributed by atoms with Crippen LogP contribution < -0.4 is 5.32 Å². The largest absolute Gasteiger partial charge is 0.394 e. The normalized spacial score (nSPS) is 19.1. The number of carbonyl (C=O) groups is 1. The SMILES string of the molecule is CC/C=C\C/C=C\C/C=C\C/C=C\CCCCCCCCCCCCCCCCCCCCCCCCC(=O)NC(COC1OC(CO)C(O)C(O)C1O)C(O)CCCCCCCCCCCCCCCCCCCC. The van der Waals surface area contributed by atoms with E-state index in [2.05, 4.69) is 67.8 Å². The molecule has 1 saturated heterocycles. The van der Waals surface area contributed by atoms with Crippen LogP contribution in [0.1, 0.15) is 316 Å². The Morgan fingerprint density at radius 3 is 1.21 bits per heavy atom. The fourth-order valence-electron chi connectivity index (χ4n) is 10.6. The van der Waals surface area contributed by atoms with Gasteiger partial charge in [0.15, 0.2) is 6.29 Å². The summed E-state index contributed by atoms with van der Waals surface area (Å²) in [5.74, 6) is -0.138. The number of unbranched alkanes of at least 4 members (excludes halogenated alkanes) is 39. The highest BCUT2D eigenvalue weighted by Gasteiger charge is 2.44. The van der Waals surface area contributed by atoms with Gasteiger partial charge in [0.25, 0.3) is 0 Å². The third-order valence-corrected chi connectivity index (χ3v) is 15.7. The number of aliphatic hydroxyl groups excluding tert-OH is 5. The molecule has 0 bridgehead atoms. The smallest absolute Gasteiger partial charge is 0.220 e. The van der Waals surface area contributed by atoms with E-state index in [9.17, 15) is 30.3 Å². The van der Waals surface area contributed by atoms with Crippen molar-refractivity contribution in [2.45, 2.75) is 358 Å². The molecule has 76 heavy (non-hydrogen) atoms. The van der Waals surface area contributed by atoms with Gasteiger partial charge in [-0.2, -0.15) is 0 Å². The standard InChI is InChI=1S/C67H125NO8/c1-3-5-7-9-11-13-15-17-19-21-23-24-25-26-27-28-29-30-31-32-33-34-35-36-37-38-39-41-43-45-47-49-51-53-55-57-63(71)68-60(59-75-67-66(74)65(73)64(72)62(58-69)76-67)61(70)56-54-52-50-48-46-44-42-40-22-20-18-16-14-12-10-8-6-4-2/h5,7,11,13,17,19,23-24,60-62,64-67,69-70,72-74H,3-4,6,8-10,12,14-16,18,20-22,25-59H2,1-2H3,(H,68,71)/b7-5-,13-11-,19-17-,24-23-. The Morgan fingerprint density at radius 1 is 0.461 bits per heavy atom. The molecule has 0 aromatic heterocycles. The van der Waals surface area contributed by atoms with E-state index in [1.807, 2.05) is 0 Å². The zero-order valence-corrected chi connectivity index (χ0v) is 49.8. The summed E-state index contributed by atoms with van der Waals surface area (Å²) in [7, 11) is 0. The van der Waals surface area contributed by atoms with Crippen LogP contribution >= 0.6 is 0 Å². The Kier molecular flexibility index (Phi) is 53.6. The molecule has 6 N–H and O–H groups in total. The topological polar surface area (TPSA) is 149 Å². The van der Waals surface area contributed by atoms with Crippen molar-refractivity contribution in [1.29, 1.82) is 0 Å². The van der Waals surface area contributed by atoms with E-state index in [1.54, 1.807) is 0 Å². The third kappa shape index (κ3) is 44.9. The summed E-state index contributed by atoms with van der Waals surface area (Å²) in [6.07, 6.45) is 68.8. The molecule has 7 unspecified atom stereocenters. The Bertz CT molecular complexity index is 1340. The van der Waals surface area contributed by atoms with Crippen molar-refractivity contribution in [3.8, 4) is 0 Å². The molecule has 1 aliphatic heterocycles. The lowest BCUT2D eigenvalue weighted by atomic mass is 9.99. The number of nitrogens with one attached hydrogen (secondary N) is 1. The highest BCUT2D eigenvalue weighted by molar-refractivity contribution is 5.76. The molecule has 0 aromatic carbocycles. The van der Waals surface area contributed by atoms with Crippen LogP contribution in [0.5, 0.6) is 0 Å². The Labute approximate surface area is 469 Å². The molecule has 0 spiro atoms. The van der Waals surface area contributed by atoms with E-state index in [1.165, 1.54) is 225 Å². The fourth-order valence-corrected chi connectivity index (χ4v) is 10.6. The summed E-state index contributed by atoms with van der Waals surface area (Å²) in [6.45, 7) is 3.76. The maximum Gasteiger partial charge on any atom is 0.220 e. The molecule has 0 radical (unpaired) electrons. The van der Waals surface area contributed by atoms with Crippen molar-refractivity contribution in [3.63, 3.8) is 0 Å². The van der Waals surface area contributed by atoms with Crippen molar-refractivity contribution < 1.29 is 39.8 Å². The minimum absolute atomic E-state index is 0.134. The summed E-state index contributed by atoms with van der Waals surface area (Å²) >= 11 is 0. The first-order valence-electron chi connectivity index (χ1n) is 32.8. The van der Waals surface area contributed by atoms with Gasteiger partial charge in [-0.05, 0) is 51.4 Å². The molecule has 1 amide bonds. The maximum atomic E-state index is 13.1. The highest BCUT2D eigenvalue weighted by Crippen LogP contribution is 2.24. The molecule has 0 saturated carbocycles. The van der Waals surface area contributed by atoms with Gasteiger partial charge in [-0.25, -0.2) is 0 Å². The van der Waals surface area contributed by atoms with Gasteiger partial charge in [-0.3, -0.25) is 4.79 Å². The average molecular weight is 1070 g/mol. The first kappa shape index (κ1) is 72.2. The van der Waals surface area contributed by atoms with Crippen LogP contribution in [0.15, 0.2) is 48.6 Å². The van der Waals surface area contributed by atoms with E-state index in [0.717, 1.165) is 64.2 Å². The van der Waals surface area contributed by atoms with Crippen molar-refractivity contribution in [3.05, 3.63) is 48.6 Å². The second kappa shape index (κ2) is 56.4. The van der Waals surface area contributed by atoms with Crippen molar-refractivity contribution in [2.75, 3.05) is 13.2 Å². The molecule has 1 fully saturated rings. The van der Waals surface area contributed by atoms with E-state index in [-0.39, 0.29) is 12.5 Å². The second-order valence-corrected chi connectivity index (χ2v) is 22.9. The van der Waals surface area contributed by atoms with Gasteiger partial charge in [0.05, 0.1) is 25.4 Å². The van der Waals surface area contributed by atoms with Crippen molar-refractivity contribution in [2.24, 2.45) is 0 Å². The molecule has 1 rings (SSSR count). The summed E-state index contributed by atoms with van der Waals surface area (Å²) in [5.41, 5.74) is 0.